The molecule has 3 N–H and O–H groups in total. The Bertz CT molecular complexity index is 1340. The molecule has 3 heterocycles. The van der Waals surface area contributed by atoms with Gasteiger partial charge in [-0.25, -0.2) is 15.1 Å². The molecule has 0 amide bonds. The number of carbonyl (C=O) groups is 1. The number of thiophene rings is 1. The van der Waals surface area contributed by atoms with E-state index in [0.717, 1.165) is 24.9 Å². The van der Waals surface area contributed by atoms with E-state index in [1.165, 1.54) is 28.8 Å². The van der Waals surface area contributed by atoms with Crippen LogP contribution in [0.3, 0.4) is 0 Å². The number of nitrogens with zero attached hydrogens (tertiary/aromatic N) is 3. The van der Waals surface area contributed by atoms with Crippen molar-refractivity contribution in [2.75, 3.05) is 19.0 Å². The zero-order chi connectivity index (χ0) is 24.6. The molecule has 3 aromatic rings. The second-order valence-electron chi connectivity index (χ2n) is 9.17. The standard InChI is InChI=1S/C24H27N5O4S2/c1-29-11-16-4-2-3-5-19(16)22(29)17-9-21(34-13-17)23(30)20-10-26-14-27-24(20)28-18-7-6-15(8-18)12-33-35(25,31)32/h2-5,9-10,13-15,18,22H,6-8,11-12H2,1H3,(H2,25,31,32)(H,26,27,28)/t15-,18+,22?/m1/s1. The Kier molecular flexibility index (Phi) is 6.69. The first-order chi connectivity index (χ1) is 16.8. The van der Waals surface area contributed by atoms with Crippen LogP contribution in [0.25, 0.3) is 0 Å². The van der Waals surface area contributed by atoms with Crippen molar-refractivity contribution in [3.05, 3.63) is 75.4 Å². The average Bonchev–Trinajstić information content (AvgIpc) is 3.55. The monoisotopic (exact) mass is 513 g/mol. The van der Waals surface area contributed by atoms with Crippen LogP contribution < -0.4 is 10.5 Å². The molecule has 1 aliphatic carbocycles. The number of ketones is 1. The van der Waals surface area contributed by atoms with Crippen LogP contribution in [0.15, 0.2) is 48.2 Å². The summed E-state index contributed by atoms with van der Waals surface area (Å²) in [4.78, 5) is 24.8. The van der Waals surface area contributed by atoms with Crippen LogP contribution >= 0.6 is 11.3 Å². The maximum atomic E-state index is 13.4. The van der Waals surface area contributed by atoms with Gasteiger partial charge in [0.25, 0.3) is 0 Å². The Hall–Kier alpha value is -2.70. The summed E-state index contributed by atoms with van der Waals surface area (Å²) in [5, 5.41) is 10.3. The van der Waals surface area contributed by atoms with Gasteiger partial charge in [0, 0.05) is 18.8 Å². The third kappa shape index (κ3) is 5.29. The van der Waals surface area contributed by atoms with Crippen molar-refractivity contribution < 1.29 is 17.4 Å². The molecule has 2 aromatic heterocycles. The third-order valence-electron chi connectivity index (χ3n) is 6.68. The molecule has 9 nitrogen and oxygen atoms in total. The summed E-state index contributed by atoms with van der Waals surface area (Å²) >= 11 is 1.43. The van der Waals surface area contributed by atoms with E-state index in [0.29, 0.717) is 22.7 Å². The highest BCUT2D eigenvalue weighted by Gasteiger charge is 2.31. The fourth-order valence-electron chi connectivity index (χ4n) is 5.08. The molecule has 5 rings (SSSR count). The van der Waals surface area contributed by atoms with Gasteiger partial charge in [-0.15, -0.1) is 11.3 Å². The third-order valence-corrected chi connectivity index (χ3v) is 8.09. The van der Waals surface area contributed by atoms with E-state index < -0.39 is 10.3 Å². The normalized spacial score (nSPS) is 22.3. The Morgan fingerprint density at radius 1 is 1.31 bits per heavy atom. The van der Waals surface area contributed by atoms with Crippen molar-refractivity contribution in [3.8, 4) is 0 Å². The summed E-state index contributed by atoms with van der Waals surface area (Å²) in [6.45, 7) is 0.939. The molecule has 1 fully saturated rings. The van der Waals surface area contributed by atoms with Crippen molar-refractivity contribution >= 4 is 33.2 Å². The number of benzene rings is 1. The fraction of sp³-hybridized carbons (Fsp3) is 0.375. The van der Waals surface area contributed by atoms with Crippen LogP contribution in [0.2, 0.25) is 0 Å². The SMILES string of the molecule is CN1Cc2ccccc2C1c1csc(C(=O)c2cncnc2N[C@H]2CC[C@@H](COS(N)(=O)=O)C2)c1. The summed E-state index contributed by atoms with van der Waals surface area (Å²) in [5.74, 6) is 0.435. The first kappa shape index (κ1) is 24.0. The summed E-state index contributed by atoms with van der Waals surface area (Å²) in [7, 11) is -1.85. The molecule has 0 spiro atoms. The van der Waals surface area contributed by atoms with Gasteiger partial charge >= 0.3 is 10.3 Å². The highest BCUT2D eigenvalue weighted by Crippen LogP contribution is 2.39. The summed E-state index contributed by atoms with van der Waals surface area (Å²) in [6, 6.07) is 10.6. The van der Waals surface area contributed by atoms with Crippen LogP contribution in [0.5, 0.6) is 0 Å². The van der Waals surface area contributed by atoms with Gasteiger partial charge in [0.2, 0.25) is 5.78 Å². The number of anilines is 1. The first-order valence-corrected chi connectivity index (χ1v) is 13.8. The Labute approximate surface area is 208 Å². The fourth-order valence-corrected chi connectivity index (χ4v) is 6.34. The molecular weight excluding hydrogens is 486 g/mol. The van der Waals surface area contributed by atoms with Crippen molar-refractivity contribution in [1.82, 2.24) is 14.9 Å². The minimum absolute atomic E-state index is 0.0491. The molecule has 0 radical (unpaired) electrons. The first-order valence-electron chi connectivity index (χ1n) is 11.4. The lowest BCUT2D eigenvalue weighted by atomic mass is 9.99. The van der Waals surface area contributed by atoms with E-state index in [-0.39, 0.29) is 30.4 Å². The van der Waals surface area contributed by atoms with E-state index in [1.807, 2.05) is 6.07 Å². The van der Waals surface area contributed by atoms with Crippen molar-refractivity contribution in [2.24, 2.45) is 11.1 Å². The van der Waals surface area contributed by atoms with Gasteiger partial charge in [-0.1, -0.05) is 24.3 Å². The quantitative estimate of drug-likeness (QED) is 0.440. The van der Waals surface area contributed by atoms with Gasteiger partial charge in [0.05, 0.1) is 23.1 Å². The number of hydrogen-bond donors (Lipinski definition) is 2. The second-order valence-corrected chi connectivity index (χ2v) is 11.3. The van der Waals surface area contributed by atoms with Gasteiger partial charge in [-0.3, -0.25) is 13.9 Å². The van der Waals surface area contributed by atoms with Gasteiger partial charge in [-0.05, 0) is 60.4 Å². The number of carbonyl (C=O) groups excluding carboxylic acids is 1. The average molecular weight is 514 g/mol. The second kappa shape index (κ2) is 9.75. The van der Waals surface area contributed by atoms with Crippen molar-refractivity contribution in [3.63, 3.8) is 0 Å². The lowest BCUT2D eigenvalue weighted by Gasteiger charge is -2.19. The lowest BCUT2D eigenvalue weighted by molar-refractivity contribution is 0.104. The molecule has 3 atom stereocenters. The molecule has 1 unspecified atom stereocenters. The Balaban J connectivity index is 1.30. The predicted octanol–water partition coefficient (Wildman–Crippen LogP) is 3.10. The predicted molar refractivity (Wildman–Crippen MR) is 133 cm³/mol. The van der Waals surface area contributed by atoms with E-state index >= 15 is 0 Å². The topological polar surface area (TPSA) is 128 Å². The number of nitrogens with one attached hydrogen (secondary N) is 1. The van der Waals surface area contributed by atoms with E-state index in [2.05, 4.69) is 56.9 Å². The minimum Gasteiger partial charge on any atom is -0.367 e. The number of hydrogen-bond acceptors (Lipinski definition) is 9. The summed E-state index contributed by atoms with van der Waals surface area (Å²) in [6.07, 6.45) is 5.27. The van der Waals surface area contributed by atoms with Crippen LogP contribution in [0, 0.1) is 5.92 Å². The molecule has 0 saturated heterocycles. The number of rotatable bonds is 8. The van der Waals surface area contributed by atoms with Crippen LogP contribution in [0.4, 0.5) is 5.82 Å². The lowest BCUT2D eigenvalue weighted by Crippen LogP contribution is -2.22. The zero-order valence-corrected chi connectivity index (χ0v) is 20.9. The highest BCUT2D eigenvalue weighted by atomic mass is 32.2. The maximum absolute atomic E-state index is 13.4. The van der Waals surface area contributed by atoms with Crippen LogP contribution in [0.1, 0.15) is 57.2 Å². The Morgan fingerprint density at radius 3 is 2.97 bits per heavy atom. The molecule has 35 heavy (non-hydrogen) atoms. The summed E-state index contributed by atoms with van der Waals surface area (Å²) in [5.41, 5.74) is 4.11. The molecule has 1 saturated carbocycles. The highest BCUT2D eigenvalue weighted by molar-refractivity contribution is 7.84. The largest absolute Gasteiger partial charge is 0.367 e. The van der Waals surface area contributed by atoms with Gasteiger partial charge < -0.3 is 5.32 Å². The van der Waals surface area contributed by atoms with Gasteiger partial charge in [-0.2, -0.15) is 8.42 Å². The van der Waals surface area contributed by atoms with E-state index in [4.69, 9.17) is 9.32 Å². The van der Waals surface area contributed by atoms with Crippen LogP contribution in [-0.2, 0) is 21.0 Å². The van der Waals surface area contributed by atoms with E-state index in [9.17, 15) is 13.2 Å². The smallest absolute Gasteiger partial charge is 0.333 e. The van der Waals surface area contributed by atoms with E-state index in [1.54, 1.807) is 6.20 Å². The molecule has 2 aliphatic rings. The van der Waals surface area contributed by atoms with Gasteiger partial charge in [0.1, 0.15) is 12.1 Å². The maximum Gasteiger partial charge on any atom is 0.333 e. The molecule has 1 aromatic carbocycles. The molecular formula is C24H27N5O4S2. The number of aromatic nitrogens is 2. The molecule has 0 bridgehead atoms. The number of fused-ring (bicyclic) bond motifs is 1. The van der Waals surface area contributed by atoms with Gasteiger partial charge in [0.15, 0.2) is 0 Å². The summed E-state index contributed by atoms with van der Waals surface area (Å²) < 4.78 is 26.9. The number of nitrogens with two attached hydrogens (primary N) is 1. The molecule has 11 heteroatoms. The minimum atomic E-state index is -3.95. The van der Waals surface area contributed by atoms with Crippen molar-refractivity contribution in [1.29, 1.82) is 0 Å². The molecule has 1 aliphatic heterocycles. The van der Waals surface area contributed by atoms with Crippen LogP contribution in [-0.4, -0.2) is 48.8 Å². The van der Waals surface area contributed by atoms with Crippen molar-refractivity contribution in [2.45, 2.75) is 37.9 Å². The Morgan fingerprint density at radius 2 is 2.14 bits per heavy atom. The zero-order valence-electron chi connectivity index (χ0n) is 19.3. The molecule has 184 valence electrons.